The van der Waals surface area contributed by atoms with E-state index in [0.29, 0.717) is 11.5 Å². The topological polar surface area (TPSA) is 84.7 Å². The van der Waals surface area contributed by atoms with Crippen molar-refractivity contribution in [2.75, 3.05) is 12.4 Å². The second-order valence-electron chi connectivity index (χ2n) is 5.30. The van der Waals surface area contributed by atoms with Gasteiger partial charge >= 0.3 is 0 Å². The zero-order chi connectivity index (χ0) is 17.1. The van der Waals surface area contributed by atoms with E-state index >= 15 is 0 Å². The number of aromatic nitrogens is 4. The molecule has 3 aromatic rings. The van der Waals surface area contributed by atoms with Gasteiger partial charge in [0.25, 0.3) is 5.91 Å². The average Bonchev–Trinajstić information content (AvgIpc) is 2.94. The summed E-state index contributed by atoms with van der Waals surface area (Å²) in [5, 5.41) is 5.73. The number of hydrogen-bond donors (Lipinski definition) is 2. The summed E-state index contributed by atoms with van der Waals surface area (Å²) in [6.07, 6.45) is 3.49. The van der Waals surface area contributed by atoms with Crippen LogP contribution in [0.2, 0.25) is 0 Å². The number of aryl methyl sites for hydroxylation is 1. The van der Waals surface area contributed by atoms with E-state index in [1.54, 1.807) is 31.6 Å². The van der Waals surface area contributed by atoms with Gasteiger partial charge in [0.2, 0.25) is 5.95 Å². The van der Waals surface area contributed by atoms with Crippen molar-refractivity contribution in [3.63, 3.8) is 0 Å². The van der Waals surface area contributed by atoms with Gasteiger partial charge in [-0.3, -0.25) is 4.79 Å². The Balaban J connectivity index is 1.82. The second-order valence-corrected chi connectivity index (χ2v) is 5.30. The Morgan fingerprint density at radius 2 is 1.88 bits per heavy atom. The van der Waals surface area contributed by atoms with Crippen molar-refractivity contribution in [3.8, 4) is 11.4 Å². The Hall–Kier alpha value is -3.22. The predicted octanol–water partition coefficient (Wildman–Crippen LogP) is 2.29. The molecular formula is C17H18N6O. The van der Waals surface area contributed by atoms with Crippen LogP contribution in [0, 0.1) is 6.92 Å². The molecule has 0 spiro atoms. The standard InChI is InChI=1S/C17H18N6O/c1-11-20-10-15(23(11)3)14-8-9-19-17(22-14)21-13-6-4-12(5-7-13)16(24)18-2/h4-10H,1-3H3,(H,18,24)(H,19,21,22). The molecule has 0 aliphatic carbocycles. The number of benzene rings is 1. The van der Waals surface area contributed by atoms with Crippen LogP contribution in [-0.2, 0) is 7.05 Å². The maximum Gasteiger partial charge on any atom is 0.251 e. The van der Waals surface area contributed by atoms with Crippen molar-refractivity contribution in [1.82, 2.24) is 24.8 Å². The number of imidazole rings is 1. The molecular weight excluding hydrogens is 304 g/mol. The van der Waals surface area contributed by atoms with Crippen LogP contribution in [0.3, 0.4) is 0 Å². The molecule has 1 amide bonds. The Morgan fingerprint density at radius 1 is 1.12 bits per heavy atom. The third-order valence-corrected chi connectivity index (χ3v) is 3.77. The van der Waals surface area contributed by atoms with Crippen LogP contribution in [0.15, 0.2) is 42.7 Å². The summed E-state index contributed by atoms with van der Waals surface area (Å²) >= 11 is 0. The molecule has 0 bridgehead atoms. The lowest BCUT2D eigenvalue weighted by Crippen LogP contribution is -2.17. The molecule has 24 heavy (non-hydrogen) atoms. The monoisotopic (exact) mass is 322 g/mol. The van der Waals surface area contributed by atoms with Crippen LogP contribution in [0.4, 0.5) is 11.6 Å². The summed E-state index contributed by atoms with van der Waals surface area (Å²) in [5.74, 6) is 1.29. The van der Waals surface area contributed by atoms with Crippen LogP contribution < -0.4 is 10.6 Å². The minimum atomic E-state index is -0.119. The first-order chi connectivity index (χ1) is 11.6. The molecule has 7 nitrogen and oxygen atoms in total. The summed E-state index contributed by atoms with van der Waals surface area (Å²) in [5.41, 5.74) is 3.12. The molecule has 3 rings (SSSR count). The molecule has 0 radical (unpaired) electrons. The van der Waals surface area contributed by atoms with Gasteiger partial charge < -0.3 is 15.2 Å². The maximum atomic E-state index is 11.6. The highest BCUT2D eigenvalue weighted by Gasteiger charge is 2.09. The summed E-state index contributed by atoms with van der Waals surface area (Å²) in [4.78, 5) is 24.6. The van der Waals surface area contributed by atoms with Crippen molar-refractivity contribution in [3.05, 3.63) is 54.1 Å². The summed E-state index contributed by atoms with van der Waals surface area (Å²) < 4.78 is 1.98. The van der Waals surface area contributed by atoms with Crippen LogP contribution in [-0.4, -0.2) is 32.5 Å². The Kier molecular flexibility index (Phi) is 4.24. The number of carbonyl (C=O) groups is 1. The first kappa shape index (κ1) is 15.7. The number of hydrogen-bond acceptors (Lipinski definition) is 5. The first-order valence-corrected chi connectivity index (χ1v) is 7.49. The summed E-state index contributed by atoms with van der Waals surface area (Å²) in [7, 11) is 3.55. The van der Waals surface area contributed by atoms with Gasteiger partial charge in [0.15, 0.2) is 0 Å². The van der Waals surface area contributed by atoms with Crippen molar-refractivity contribution in [2.45, 2.75) is 6.92 Å². The van der Waals surface area contributed by atoms with Crippen molar-refractivity contribution >= 4 is 17.5 Å². The number of rotatable bonds is 4. The lowest BCUT2D eigenvalue weighted by Gasteiger charge is -2.08. The van der Waals surface area contributed by atoms with Crippen molar-refractivity contribution in [1.29, 1.82) is 0 Å². The van der Waals surface area contributed by atoms with Crippen LogP contribution in [0.25, 0.3) is 11.4 Å². The summed E-state index contributed by atoms with van der Waals surface area (Å²) in [6, 6.07) is 8.96. The van der Waals surface area contributed by atoms with Crippen LogP contribution in [0.1, 0.15) is 16.2 Å². The Morgan fingerprint density at radius 3 is 2.50 bits per heavy atom. The zero-order valence-electron chi connectivity index (χ0n) is 13.7. The Labute approximate surface area is 139 Å². The van der Waals surface area contributed by atoms with Gasteiger partial charge in [-0.15, -0.1) is 0 Å². The number of amides is 1. The molecule has 2 N–H and O–H groups in total. The van der Waals surface area contributed by atoms with E-state index in [1.807, 2.05) is 36.7 Å². The van der Waals surface area contributed by atoms with E-state index in [1.165, 1.54) is 0 Å². The maximum absolute atomic E-state index is 11.6. The highest BCUT2D eigenvalue weighted by atomic mass is 16.1. The predicted molar refractivity (Wildman–Crippen MR) is 92.1 cm³/mol. The molecule has 0 aliphatic rings. The smallest absolute Gasteiger partial charge is 0.251 e. The van der Waals surface area contributed by atoms with E-state index in [4.69, 9.17) is 0 Å². The fraction of sp³-hybridized carbons (Fsp3) is 0.176. The molecule has 0 aliphatic heterocycles. The molecule has 1 aromatic carbocycles. The molecule has 0 atom stereocenters. The quantitative estimate of drug-likeness (QED) is 0.770. The molecule has 0 unspecified atom stereocenters. The number of nitrogens with one attached hydrogen (secondary N) is 2. The van der Waals surface area contributed by atoms with E-state index < -0.39 is 0 Å². The Bertz CT molecular complexity index is 869. The highest BCUT2D eigenvalue weighted by Crippen LogP contribution is 2.20. The van der Waals surface area contributed by atoms with Crippen molar-refractivity contribution < 1.29 is 4.79 Å². The molecule has 7 heteroatoms. The fourth-order valence-electron chi connectivity index (χ4n) is 2.28. The molecule has 0 saturated carbocycles. The molecule has 0 fully saturated rings. The van der Waals surface area contributed by atoms with Crippen molar-refractivity contribution in [2.24, 2.45) is 7.05 Å². The zero-order valence-corrected chi connectivity index (χ0v) is 13.7. The SMILES string of the molecule is CNC(=O)c1ccc(Nc2nccc(-c3cnc(C)n3C)n2)cc1. The fourth-order valence-corrected chi connectivity index (χ4v) is 2.28. The van der Waals surface area contributed by atoms with Gasteiger partial charge in [-0.1, -0.05) is 0 Å². The van der Waals surface area contributed by atoms with Gasteiger partial charge in [-0.05, 0) is 37.3 Å². The van der Waals surface area contributed by atoms with Gasteiger partial charge in [-0.25, -0.2) is 15.0 Å². The van der Waals surface area contributed by atoms with Crippen LogP contribution in [0.5, 0.6) is 0 Å². The molecule has 122 valence electrons. The van der Waals surface area contributed by atoms with Gasteiger partial charge in [-0.2, -0.15) is 0 Å². The largest absolute Gasteiger partial charge is 0.355 e. The average molecular weight is 322 g/mol. The molecule has 2 aromatic heterocycles. The number of carbonyl (C=O) groups excluding carboxylic acids is 1. The molecule has 2 heterocycles. The summed E-state index contributed by atoms with van der Waals surface area (Å²) in [6.45, 7) is 1.94. The lowest BCUT2D eigenvalue weighted by molar-refractivity contribution is 0.0963. The normalized spacial score (nSPS) is 10.5. The number of anilines is 2. The van der Waals surface area contributed by atoms with E-state index in [9.17, 15) is 4.79 Å². The minimum Gasteiger partial charge on any atom is -0.355 e. The second kappa shape index (κ2) is 6.49. The van der Waals surface area contributed by atoms with Gasteiger partial charge in [0, 0.05) is 31.5 Å². The van der Waals surface area contributed by atoms with E-state index in [0.717, 1.165) is 22.9 Å². The number of nitrogens with zero attached hydrogens (tertiary/aromatic N) is 4. The first-order valence-electron chi connectivity index (χ1n) is 7.49. The van der Waals surface area contributed by atoms with E-state index in [-0.39, 0.29) is 5.91 Å². The van der Waals surface area contributed by atoms with Crippen LogP contribution >= 0.6 is 0 Å². The van der Waals surface area contributed by atoms with E-state index in [2.05, 4.69) is 25.6 Å². The third kappa shape index (κ3) is 3.10. The lowest BCUT2D eigenvalue weighted by atomic mass is 10.2. The third-order valence-electron chi connectivity index (χ3n) is 3.77. The van der Waals surface area contributed by atoms with Gasteiger partial charge in [0.05, 0.1) is 17.6 Å². The highest BCUT2D eigenvalue weighted by molar-refractivity contribution is 5.94. The molecule has 0 saturated heterocycles. The minimum absolute atomic E-state index is 0.119. The van der Waals surface area contributed by atoms with Gasteiger partial charge in [0.1, 0.15) is 5.82 Å².